The van der Waals surface area contributed by atoms with Gasteiger partial charge >= 0.3 is 0 Å². The van der Waals surface area contributed by atoms with Crippen molar-refractivity contribution in [2.75, 3.05) is 38.8 Å². The van der Waals surface area contributed by atoms with Crippen LogP contribution in [0, 0.1) is 5.41 Å². The lowest BCUT2D eigenvalue weighted by Gasteiger charge is -2.38. The molecule has 194 valence electrons. The van der Waals surface area contributed by atoms with E-state index in [9.17, 15) is 9.59 Å². The van der Waals surface area contributed by atoms with Gasteiger partial charge in [-0.1, -0.05) is 12.1 Å². The molecule has 2 amide bonds. The van der Waals surface area contributed by atoms with Crippen molar-refractivity contribution in [1.29, 1.82) is 0 Å². The number of nitrogens with zero attached hydrogens (tertiary/aromatic N) is 3. The Morgan fingerprint density at radius 3 is 2.42 bits per heavy atom. The fraction of sp³-hybridized carbons (Fsp3) is 0.300. The van der Waals surface area contributed by atoms with Crippen molar-refractivity contribution in [2.45, 2.75) is 19.3 Å². The van der Waals surface area contributed by atoms with Gasteiger partial charge in [-0.15, -0.1) is 0 Å². The van der Waals surface area contributed by atoms with E-state index >= 15 is 0 Å². The lowest BCUT2D eigenvalue weighted by Crippen LogP contribution is -2.46. The highest BCUT2D eigenvalue weighted by molar-refractivity contribution is 6.01. The van der Waals surface area contributed by atoms with Crippen LogP contribution < -0.4 is 14.4 Å². The smallest absolute Gasteiger partial charge is 0.253 e. The van der Waals surface area contributed by atoms with Crippen LogP contribution in [0.25, 0.3) is 21.9 Å². The molecule has 3 aromatic carbocycles. The lowest BCUT2D eigenvalue weighted by atomic mass is 9.77. The fourth-order valence-electron chi connectivity index (χ4n) is 5.82. The van der Waals surface area contributed by atoms with Gasteiger partial charge in [-0.3, -0.25) is 14.7 Å². The molecular weight excluding hydrogens is 480 g/mol. The maximum absolute atomic E-state index is 13.7. The van der Waals surface area contributed by atoms with E-state index in [4.69, 9.17) is 9.47 Å². The standard InChI is InChI=1S/C30H30N4O4/c1-37-25-7-5-20-15-22(4-3-21(20)16-25)28(35)33-12-9-30(10-13-33)11-14-34(29(30)36)24-6-8-26(27(17-24)38-2)23-18-31-32-19-23/h3-8,15-19H,9-14H2,1-2H3,(H,31,32). The zero-order valence-corrected chi connectivity index (χ0v) is 21.6. The summed E-state index contributed by atoms with van der Waals surface area (Å²) >= 11 is 0. The number of aromatic nitrogens is 2. The van der Waals surface area contributed by atoms with Crippen molar-refractivity contribution >= 4 is 28.3 Å². The van der Waals surface area contributed by atoms with Gasteiger partial charge in [0, 0.05) is 54.3 Å². The number of fused-ring (bicyclic) bond motifs is 1. The molecule has 8 nitrogen and oxygen atoms in total. The monoisotopic (exact) mass is 510 g/mol. The van der Waals surface area contributed by atoms with Gasteiger partial charge in [-0.25, -0.2) is 0 Å². The number of H-pyrrole nitrogens is 1. The zero-order valence-electron chi connectivity index (χ0n) is 21.6. The summed E-state index contributed by atoms with van der Waals surface area (Å²) < 4.78 is 10.9. The molecule has 0 aliphatic carbocycles. The molecule has 1 spiro atoms. The number of nitrogens with one attached hydrogen (secondary N) is 1. The van der Waals surface area contributed by atoms with E-state index in [1.807, 2.05) is 70.6 Å². The maximum Gasteiger partial charge on any atom is 0.253 e. The normalized spacial score (nSPS) is 16.8. The quantitative estimate of drug-likeness (QED) is 0.412. The number of benzene rings is 3. The summed E-state index contributed by atoms with van der Waals surface area (Å²) in [6, 6.07) is 17.5. The number of hydrogen-bond acceptors (Lipinski definition) is 5. The first-order valence-electron chi connectivity index (χ1n) is 12.9. The average molecular weight is 511 g/mol. The topological polar surface area (TPSA) is 87.8 Å². The van der Waals surface area contributed by atoms with Gasteiger partial charge in [0.15, 0.2) is 0 Å². The van der Waals surface area contributed by atoms with Crippen LogP contribution in [0.3, 0.4) is 0 Å². The number of amides is 2. The van der Waals surface area contributed by atoms with Gasteiger partial charge in [0.2, 0.25) is 5.91 Å². The van der Waals surface area contributed by atoms with Crippen molar-refractivity contribution in [2.24, 2.45) is 5.41 Å². The minimum absolute atomic E-state index is 0.0134. The number of carbonyl (C=O) groups excluding carboxylic acids is 2. The van der Waals surface area contributed by atoms with Crippen molar-refractivity contribution in [3.05, 3.63) is 72.6 Å². The van der Waals surface area contributed by atoms with Crippen molar-refractivity contribution < 1.29 is 19.1 Å². The molecule has 4 aromatic rings. The summed E-state index contributed by atoms with van der Waals surface area (Å²) in [7, 11) is 3.28. The first-order valence-corrected chi connectivity index (χ1v) is 12.9. The molecule has 0 saturated carbocycles. The van der Waals surface area contributed by atoms with Crippen LogP contribution in [0.4, 0.5) is 5.69 Å². The SMILES string of the molecule is COc1ccc2cc(C(=O)N3CCC4(CC3)CCN(c3ccc(-c5cn[nH]c5)c(OC)c3)C4=O)ccc2c1. The molecule has 1 aromatic heterocycles. The molecule has 0 radical (unpaired) electrons. The van der Waals surface area contributed by atoms with Crippen molar-refractivity contribution in [3.63, 3.8) is 0 Å². The summed E-state index contributed by atoms with van der Waals surface area (Å²) in [6.45, 7) is 1.80. The fourth-order valence-corrected chi connectivity index (χ4v) is 5.82. The Morgan fingerprint density at radius 1 is 0.921 bits per heavy atom. The number of rotatable bonds is 5. The first-order chi connectivity index (χ1) is 18.5. The highest BCUT2D eigenvalue weighted by atomic mass is 16.5. The van der Waals surface area contributed by atoms with Gasteiger partial charge in [-0.2, -0.15) is 5.10 Å². The van der Waals surface area contributed by atoms with Gasteiger partial charge < -0.3 is 19.3 Å². The Labute approximate surface area is 221 Å². The minimum atomic E-state index is -0.423. The predicted octanol–water partition coefficient (Wildman–Crippen LogP) is 4.91. The second-order valence-electron chi connectivity index (χ2n) is 10.1. The number of hydrogen-bond donors (Lipinski definition) is 1. The van der Waals surface area contributed by atoms with Crippen LogP contribution in [0.1, 0.15) is 29.6 Å². The predicted molar refractivity (Wildman–Crippen MR) is 146 cm³/mol. The number of methoxy groups -OCH3 is 2. The third-order valence-electron chi connectivity index (χ3n) is 8.12. The molecule has 6 rings (SSSR count). The molecule has 1 N–H and O–H groups in total. The molecule has 8 heteroatoms. The largest absolute Gasteiger partial charge is 0.497 e. The Bertz CT molecular complexity index is 1510. The van der Waals surface area contributed by atoms with Crippen LogP contribution in [-0.2, 0) is 4.79 Å². The number of carbonyl (C=O) groups is 2. The summed E-state index contributed by atoms with van der Waals surface area (Å²) in [5.41, 5.74) is 2.93. The van der Waals surface area contributed by atoms with E-state index in [1.54, 1.807) is 20.4 Å². The van der Waals surface area contributed by atoms with Crippen molar-refractivity contribution in [3.8, 4) is 22.6 Å². The third-order valence-corrected chi connectivity index (χ3v) is 8.12. The first kappa shape index (κ1) is 24.0. The number of likely N-dealkylation sites (tertiary alicyclic amines) is 1. The molecular formula is C30H30N4O4. The van der Waals surface area contributed by atoms with Crippen LogP contribution >= 0.6 is 0 Å². The van der Waals surface area contributed by atoms with Crippen LogP contribution in [0.2, 0.25) is 0 Å². The maximum atomic E-state index is 13.7. The highest BCUT2D eigenvalue weighted by Crippen LogP contribution is 2.44. The molecule has 38 heavy (non-hydrogen) atoms. The molecule has 2 aliphatic heterocycles. The van der Waals surface area contributed by atoms with Crippen LogP contribution in [0.5, 0.6) is 11.5 Å². The van der Waals surface area contributed by atoms with Gasteiger partial charge in [-0.05, 0) is 66.4 Å². The third kappa shape index (κ3) is 4.06. The van der Waals surface area contributed by atoms with E-state index in [-0.39, 0.29) is 11.8 Å². The van der Waals surface area contributed by atoms with Gasteiger partial charge in [0.05, 0.1) is 25.8 Å². The second-order valence-corrected chi connectivity index (χ2v) is 10.1. The Morgan fingerprint density at radius 2 is 1.68 bits per heavy atom. The Balaban J connectivity index is 1.15. The lowest BCUT2D eigenvalue weighted by molar-refractivity contribution is -0.127. The molecule has 2 aliphatic rings. The Kier molecular flexibility index (Phi) is 6.02. The summed E-state index contributed by atoms with van der Waals surface area (Å²) in [5, 5.41) is 8.88. The number of piperidine rings is 1. The molecule has 0 bridgehead atoms. The zero-order chi connectivity index (χ0) is 26.3. The van der Waals surface area contributed by atoms with Crippen LogP contribution in [-0.4, -0.2) is 60.8 Å². The Hall–Kier alpha value is -4.33. The van der Waals surface area contributed by atoms with Gasteiger partial charge in [0.1, 0.15) is 11.5 Å². The molecule has 0 atom stereocenters. The van der Waals surface area contributed by atoms with Crippen molar-refractivity contribution in [1.82, 2.24) is 15.1 Å². The number of aromatic amines is 1. The summed E-state index contributed by atoms with van der Waals surface area (Å²) in [4.78, 5) is 30.8. The number of anilines is 1. The minimum Gasteiger partial charge on any atom is -0.497 e. The van der Waals surface area contributed by atoms with E-state index < -0.39 is 5.41 Å². The number of ether oxygens (including phenoxy) is 2. The highest BCUT2D eigenvalue weighted by Gasteiger charge is 2.49. The molecule has 2 fully saturated rings. The summed E-state index contributed by atoms with van der Waals surface area (Å²) in [6.07, 6.45) is 5.69. The van der Waals surface area contributed by atoms with Gasteiger partial charge in [0.25, 0.3) is 5.91 Å². The second kappa shape index (κ2) is 9.52. The molecule has 0 unspecified atom stereocenters. The van der Waals surface area contributed by atoms with E-state index in [0.717, 1.165) is 39.8 Å². The molecule has 3 heterocycles. The van der Waals surface area contributed by atoms with E-state index in [1.165, 1.54) is 0 Å². The average Bonchev–Trinajstić information content (AvgIpc) is 3.61. The van der Waals surface area contributed by atoms with E-state index in [0.29, 0.717) is 43.8 Å². The van der Waals surface area contributed by atoms with Crippen LogP contribution in [0.15, 0.2) is 67.0 Å². The van der Waals surface area contributed by atoms with E-state index in [2.05, 4.69) is 10.2 Å². The summed E-state index contributed by atoms with van der Waals surface area (Å²) in [5.74, 6) is 1.65. The molecule has 2 saturated heterocycles.